The summed E-state index contributed by atoms with van der Waals surface area (Å²) in [4.78, 5) is 3.97. The molecule has 0 aromatic heterocycles. The van der Waals surface area contributed by atoms with Crippen molar-refractivity contribution in [1.82, 2.24) is 0 Å². The first-order chi connectivity index (χ1) is 7.52. The van der Waals surface area contributed by atoms with Crippen molar-refractivity contribution in [3.63, 3.8) is 0 Å². The molecule has 1 aromatic carbocycles. The van der Waals surface area contributed by atoms with Gasteiger partial charge in [0.05, 0.1) is 13.2 Å². The molecule has 0 aliphatic carbocycles. The third kappa shape index (κ3) is 2.71. The van der Waals surface area contributed by atoms with Crippen LogP contribution in [0, 0.1) is 0 Å². The van der Waals surface area contributed by atoms with E-state index in [1.54, 1.807) is 19.1 Å². The van der Waals surface area contributed by atoms with Gasteiger partial charge in [0.1, 0.15) is 5.54 Å². The Morgan fingerprint density at radius 3 is 2.44 bits per heavy atom. The van der Waals surface area contributed by atoms with Gasteiger partial charge in [0.15, 0.2) is 11.5 Å². The quantitative estimate of drug-likeness (QED) is 0.437. The van der Waals surface area contributed by atoms with Gasteiger partial charge >= 0.3 is 0 Å². The molecule has 88 valence electrons. The maximum Gasteiger partial charge on any atom is 0.166 e. The van der Waals surface area contributed by atoms with Crippen molar-refractivity contribution < 1.29 is 20.4 Å². The second-order valence-corrected chi connectivity index (χ2v) is 3.79. The number of hydrogen-bond acceptors (Lipinski definition) is 5. The molecule has 0 aliphatic heterocycles. The van der Waals surface area contributed by atoms with Crippen LogP contribution in [0.5, 0.6) is 11.5 Å². The summed E-state index contributed by atoms with van der Waals surface area (Å²) in [5.74, 6) is -0.511. The Morgan fingerprint density at radius 1 is 1.25 bits per heavy atom. The molecular formula is C11H15NO4. The van der Waals surface area contributed by atoms with Gasteiger partial charge in [0.2, 0.25) is 0 Å². The molecule has 0 radical (unpaired) electrons. The molecule has 1 aromatic rings. The lowest BCUT2D eigenvalue weighted by molar-refractivity contribution is 0.136. The van der Waals surface area contributed by atoms with E-state index in [9.17, 15) is 10.2 Å². The number of phenolic OH excluding ortho intramolecular Hbond substituents is 2. The topological polar surface area (TPSA) is 93.3 Å². The maximum atomic E-state index is 9.47. The summed E-state index contributed by atoms with van der Waals surface area (Å²) in [5, 5.41) is 36.7. The van der Waals surface area contributed by atoms with E-state index < -0.39 is 5.54 Å². The highest BCUT2D eigenvalue weighted by atomic mass is 16.3. The molecule has 5 heteroatoms. The zero-order valence-corrected chi connectivity index (χ0v) is 8.96. The van der Waals surface area contributed by atoms with Crippen molar-refractivity contribution in [3.8, 4) is 11.5 Å². The average molecular weight is 225 g/mol. The molecule has 1 rings (SSSR count). The van der Waals surface area contributed by atoms with Gasteiger partial charge in [-0.3, -0.25) is 4.99 Å². The van der Waals surface area contributed by atoms with Gasteiger partial charge in [-0.05, 0) is 19.1 Å². The van der Waals surface area contributed by atoms with Gasteiger partial charge in [-0.15, -0.1) is 0 Å². The first-order valence-electron chi connectivity index (χ1n) is 4.80. The van der Waals surface area contributed by atoms with Crippen LogP contribution in [0.1, 0.15) is 12.5 Å². The highest BCUT2D eigenvalue weighted by Crippen LogP contribution is 2.27. The third-order valence-corrected chi connectivity index (χ3v) is 2.24. The molecule has 0 saturated carbocycles. The van der Waals surface area contributed by atoms with Gasteiger partial charge in [-0.2, -0.15) is 0 Å². The molecule has 0 aliphatic rings. The number of nitrogens with zero attached hydrogens (tertiary/aromatic N) is 1. The number of hydrogen-bond donors (Lipinski definition) is 4. The van der Waals surface area contributed by atoms with Crippen LogP contribution in [0.4, 0.5) is 0 Å². The Bertz CT molecular complexity index is 386. The highest BCUT2D eigenvalue weighted by Gasteiger charge is 2.19. The lowest BCUT2D eigenvalue weighted by atomic mass is 10.1. The first kappa shape index (κ1) is 12.5. The van der Waals surface area contributed by atoms with Gasteiger partial charge in [-0.25, -0.2) is 0 Å². The number of aliphatic imine (C=N–C) groups is 1. The molecule has 0 amide bonds. The minimum Gasteiger partial charge on any atom is -0.504 e. The van der Waals surface area contributed by atoms with Crippen molar-refractivity contribution in [1.29, 1.82) is 0 Å². The number of aliphatic hydroxyl groups is 2. The standard InChI is InChI=1S/C11H15NO4/c1-11(6-13,7-14)12-5-8-3-2-4-9(15)10(8)16/h2-5,13-16H,6-7H2,1H3. The normalized spacial score (nSPS) is 12.2. The van der Waals surface area contributed by atoms with Crippen LogP contribution in [0.25, 0.3) is 0 Å². The van der Waals surface area contributed by atoms with Gasteiger partial charge < -0.3 is 20.4 Å². The van der Waals surface area contributed by atoms with E-state index in [1.807, 2.05) is 0 Å². The number of benzene rings is 1. The average Bonchev–Trinajstić information content (AvgIpc) is 2.31. The van der Waals surface area contributed by atoms with E-state index in [4.69, 9.17) is 10.2 Å². The van der Waals surface area contributed by atoms with Crippen molar-refractivity contribution in [3.05, 3.63) is 23.8 Å². The van der Waals surface area contributed by atoms with Crippen molar-refractivity contribution in [2.75, 3.05) is 13.2 Å². The van der Waals surface area contributed by atoms with E-state index in [2.05, 4.69) is 4.99 Å². The zero-order valence-electron chi connectivity index (χ0n) is 8.96. The summed E-state index contributed by atoms with van der Waals surface area (Å²) in [6.45, 7) is 0.961. The molecule has 0 unspecified atom stereocenters. The minimum absolute atomic E-state index is 0.237. The molecule has 0 spiro atoms. The van der Waals surface area contributed by atoms with Crippen molar-refractivity contribution in [2.24, 2.45) is 4.99 Å². The molecule has 0 saturated heterocycles. The largest absolute Gasteiger partial charge is 0.504 e. The van der Waals surface area contributed by atoms with E-state index in [-0.39, 0.29) is 24.7 Å². The maximum absolute atomic E-state index is 9.47. The van der Waals surface area contributed by atoms with Crippen molar-refractivity contribution >= 4 is 6.21 Å². The molecule has 0 atom stereocenters. The zero-order chi connectivity index (χ0) is 12.2. The number of aromatic hydroxyl groups is 2. The monoisotopic (exact) mass is 225 g/mol. The number of aliphatic hydroxyl groups excluding tert-OH is 2. The Morgan fingerprint density at radius 2 is 1.88 bits per heavy atom. The smallest absolute Gasteiger partial charge is 0.166 e. The third-order valence-electron chi connectivity index (χ3n) is 2.24. The Labute approximate surface area is 93.3 Å². The van der Waals surface area contributed by atoms with Gasteiger partial charge in [-0.1, -0.05) is 6.07 Å². The second-order valence-electron chi connectivity index (χ2n) is 3.79. The molecule has 0 heterocycles. The van der Waals surface area contributed by atoms with Crippen LogP contribution >= 0.6 is 0 Å². The van der Waals surface area contributed by atoms with Gasteiger partial charge in [0.25, 0.3) is 0 Å². The molecular weight excluding hydrogens is 210 g/mol. The fourth-order valence-corrected chi connectivity index (χ4v) is 1.01. The Hall–Kier alpha value is -1.59. The van der Waals surface area contributed by atoms with Crippen LogP contribution in [0.3, 0.4) is 0 Å². The highest BCUT2D eigenvalue weighted by molar-refractivity contribution is 5.85. The predicted octanol–water partition coefficient (Wildman–Crippen LogP) is 0.260. The predicted molar refractivity (Wildman–Crippen MR) is 59.9 cm³/mol. The minimum atomic E-state index is -0.988. The fraction of sp³-hybridized carbons (Fsp3) is 0.364. The van der Waals surface area contributed by atoms with E-state index in [0.717, 1.165) is 0 Å². The van der Waals surface area contributed by atoms with Crippen LogP contribution in [0.2, 0.25) is 0 Å². The molecule has 0 fully saturated rings. The Balaban J connectivity index is 2.96. The Kier molecular flexibility index (Phi) is 3.87. The summed E-state index contributed by atoms with van der Waals surface area (Å²) >= 11 is 0. The lowest BCUT2D eigenvalue weighted by Gasteiger charge is -2.18. The molecule has 0 bridgehead atoms. The van der Waals surface area contributed by atoms with E-state index in [1.165, 1.54) is 12.3 Å². The number of rotatable bonds is 4. The van der Waals surface area contributed by atoms with Gasteiger partial charge in [0, 0.05) is 11.8 Å². The number of para-hydroxylation sites is 1. The molecule has 5 nitrogen and oxygen atoms in total. The SMILES string of the molecule is CC(CO)(CO)N=Cc1cccc(O)c1O. The lowest BCUT2D eigenvalue weighted by Crippen LogP contribution is -2.31. The second kappa shape index (κ2) is 4.96. The van der Waals surface area contributed by atoms with E-state index >= 15 is 0 Å². The summed E-state index contributed by atoms with van der Waals surface area (Å²) < 4.78 is 0. The molecule has 16 heavy (non-hydrogen) atoms. The first-order valence-corrected chi connectivity index (χ1v) is 4.80. The molecule has 4 N–H and O–H groups in total. The van der Waals surface area contributed by atoms with Crippen LogP contribution in [0.15, 0.2) is 23.2 Å². The van der Waals surface area contributed by atoms with Crippen LogP contribution < -0.4 is 0 Å². The summed E-state index contributed by atoms with van der Waals surface area (Å²) in [6, 6.07) is 4.48. The van der Waals surface area contributed by atoms with E-state index in [0.29, 0.717) is 5.56 Å². The van der Waals surface area contributed by atoms with Crippen LogP contribution in [-0.2, 0) is 0 Å². The summed E-state index contributed by atoms with van der Waals surface area (Å²) in [6.07, 6.45) is 1.31. The fourth-order valence-electron chi connectivity index (χ4n) is 1.01. The summed E-state index contributed by atoms with van der Waals surface area (Å²) in [7, 11) is 0. The summed E-state index contributed by atoms with van der Waals surface area (Å²) in [5.41, 5.74) is -0.661. The van der Waals surface area contributed by atoms with Crippen molar-refractivity contribution in [2.45, 2.75) is 12.5 Å². The van der Waals surface area contributed by atoms with Crippen LogP contribution in [-0.4, -0.2) is 45.4 Å². The number of phenols is 2.